The van der Waals surface area contributed by atoms with E-state index in [2.05, 4.69) is 15.4 Å². The van der Waals surface area contributed by atoms with Crippen molar-refractivity contribution in [2.45, 2.75) is 19.2 Å². The largest absolute Gasteiger partial charge is 0.494 e. The van der Waals surface area contributed by atoms with Gasteiger partial charge in [0, 0.05) is 17.4 Å². The minimum Gasteiger partial charge on any atom is -0.494 e. The third-order valence-corrected chi connectivity index (χ3v) is 3.70. The summed E-state index contributed by atoms with van der Waals surface area (Å²) >= 11 is 5.13. The highest BCUT2D eigenvalue weighted by molar-refractivity contribution is 6.21. The molecule has 2 aromatic heterocycles. The first-order valence-corrected chi connectivity index (χ1v) is 8.14. The van der Waals surface area contributed by atoms with Crippen LogP contribution in [0.2, 0.25) is 0 Å². The third-order valence-electron chi connectivity index (χ3n) is 3.50. The Labute approximate surface area is 152 Å². The fraction of sp³-hybridized carbons (Fsp3) is 0.235. The van der Waals surface area contributed by atoms with Crippen molar-refractivity contribution in [3.05, 3.63) is 53.5 Å². The number of fused-ring (bicyclic) bond motifs is 1. The first-order valence-electron chi connectivity index (χ1n) is 7.77. The second-order valence-electron chi connectivity index (χ2n) is 5.49. The van der Waals surface area contributed by atoms with Gasteiger partial charge in [0.15, 0.2) is 11.3 Å². The SMILES string of the molecule is CCOc1ccc(NC(=O)c2cc3nc(C)cc(C(F)(F)Cl)n3n2)cc1. The highest BCUT2D eigenvalue weighted by Gasteiger charge is 2.32. The van der Waals surface area contributed by atoms with Gasteiger partial charge in [-0.05, 0) is 55.8 Å². The van der Waals surface area contributed by atoms with Crippen LogP contribution in [0.4, 0.5) is 14.5 Å². The molecule has 26 heavy (non-hydrogen) atoms. The Morgan fingerprint density at radius 2 is 2.00 bits per heavy atom. The maximum atomic E-state index is 13.6. The number of halogens is 3. The third kappa shape index (κ3) is 3.75. The molecule has 0 aliphatic carbocycles. The second kappa shape index (κ2) is 6.87. The molecule has 136 valence electrons. The Morgan fingerprint density at radius 3 is 2.62 bits per heavy atom. The van der Waals surface area contributed by atoms with Crippen molar-refractivity contribution in [1.29, 1.82) is 0 Å². The summed E-state index contributed by atoms with van der Waals surface area (Å²) in [7, 11) is 0. The number of ether oxygens (including phenoxy) is 1. The lowest BCUT2D eigenvalue weighted by molar-refractivity contribution is 0.0868. The topological polar surface area (TPSA) is 68.5 Å². The summed E-state index contributed by atoms with van der Waals surface area (Å²) in [5.74, 6) is 0.119. The number of benzene rings is 1. The highest BCUT2D eigenvalue weighted by atomic mass is 35.5. The maximum absolute atomic E-state index is 13.6. The normalized spacial score (nSPS) is 11.6. The molecular formula is C17H15ClF2N4O2. The van der Waals surface area contributed by atoms with Gasteiger partial charge in [-0.2, -0.15) is 13.9 Å². The van der Waals surface area contributed by atoms with Gasteiger partial charge in [0.2, 0.25) is 0 Å². The summed E-state index contributed by atoms with van der Waals surface area (Å²) in [5.41, 5.74) is 0.354. The van der Waals surface area contributed by atoms with E-state index in [1.165, 1.54) is 6.07 Å². The van der Waals surface area contributed by atoms with Gasteiger partial charge in [-0.15, -0.1) is 0 Å². The van der Waals surface area contributed by atoms with Crippen LogP contribution >= 0.6 is 11.6 Å². The van der Waals surface area contributed by atoms with Crippen molar-refractivity contribution in [3.8, 4) is 5.75 Å². The number of aromatic nitrogens is 3. The number of alkyl halides is 3. The molecule has 0 unspecified atom stereocenters. The van der Waals surface area contributed by atoms with Crippen molar-refractivity contribution < 1.29 is 18.3 Å². The Bertz CT molecular complexity index is 952. The van der Waals surface area contributed by atoms with Crippen molar-refractivity contribution in [2.75, 3.05) is 11.9 Å². The molecule has 3 rings (SSSR count). The van der Waals surface area contributed by atoms with Crippen LogP contribution in [0.15, 0.2) is 36.4 Å². The molecule has 0 spiro atoms. The fourth-order valence-electron chi connectivity index (χ4n) is 2.41. The summed E-state index contributed by atoms with van der Waals surface area (Å²) in [5, 5.41) is 2.92. The summed E-state index contributed by atoms with van der Waals surface area (Å²) in [4.78, 5) is 16.5. The van der Waals surface area contributed by atoms with Crippen molar-refractivity contribution in [3.63, 3.8) is 0 Å². The summed E-state index contributed by atoms with van der Waals surface area (Å²) in [6, 6.07) is 9.20. The predicted octanol–water partition coefficient (Wildman–Crippen LogP) is 3.98. The highest BCUT2D eigenvalue weighted by Crippen LogP contribution is 2.32. The van der Waals surface area contributed by atoms with Gasteiger partial charge in [0.25, 0.3) is 5.91 Å². The van der Waals surface area contributed by atoms with Gasteiger partial charge >= 0.3 is 5.38 Å². The zero-order chi connectivity index (χ0) is 18.9. The Hall–Kier alpha value is -2.74. The average Bonchev–Trinajstić information content (AvgIpc) is 2.99. The first-order chi connectivity index (χ1) is 12.3. The summed E-state index contributed by atoms with van der Waals surface area (Å²) in [6.07, 6.45) is 0. The van der Waals surface area contributed by atoms with E-state index in [9.17, 15) is 13.6 Å². The smallest absolute Gasteiger partial charge is 0.364 e. The molecule has 0 radical (unpaired) electrons. The zero-order valence-corrected chi connectivity index (χ0v) is 14.7. The molecule has 0 saturated heterocycles. The number of aryl methyl sites for hydroxylation is 1. The van der Waals surface area contributed by atoms with Crippen LogP contribution in [-0.2, 0) is 5.38 Å². The lowest BCUT2D eigenvalue weighted by Gasteiger charge is -2.10. The van der Waals surface area contributed by atoms with Gasteiger partial charge in [-0.25, -0.2) is 9.50 Å². The molecule has 0 bridgehead atoms. The Kier molecular flexibility index (Phi) is 4.78. The van der Waals surface area contributed by atoms with E-state index in [4.69, 9.17) is 16.3 Å². The minimum absolute atomic E-state index is 0.0563. The molecule has 3 aromatic rings. The minimum atomic E-state index is -3.64. The number of nitrogens with one attached hydrogen (secondary N) is 1. The number of amides is 1. The van der Waals surface area contributed by atoms with Gasteiger partial charge in [-0.1, -0.05) is 0 Å². The van der Waals surface area contributed by atoms with E-state index < -0.39 is 17.0 Å². The van der Waals surface area contributed by atoms with Gasteiger partial charge in [0.05, 0.1) is 6.61 Å². The lowest BCUT2D eigenvalue weighted by Crippen LogP contribution is -2.15. The molecule has 0 aliphatic rings. The van der Waals surface area contributed by atoms with Crippen LogP contribution in [0, 0.1) is 6.92 Å². The van der Waals surface area contributed by atoms with E-state index in [1.54, 1.807) is 31.2 Å². The Balaban J connectivity index is 1.89. The number of rotatable bonds is 5. The molecule has 1 N–H and O–H groups in total. The number of anilines is 1. The van der Waals surface area contributed by atoms with E-state index in [0.29, 0.717) is 23.7 Å². The van der Waals surface area contributed by atoms with Crippen molar-refractivity contribution >= 4 is 28.8 Å². The van der Waals surface area contributed by atoms with E-state index in [1.807, 2.05) is 6.92 Å². The van der Waals surface area contributed by atoms with Crippen LogP contribution in [0.5, 0.6) is 5.75 Å². The maximum Gasteiger partial charge on any atom is 0.364 e. The van der Waals surface area contributed by atoms with Crippen molar-refractivity contribution in [1.82, 2.24) is 14.6 Å². The molecule has 2 heterocycles. The van der Waals surface area contributed by atoms with Gasteiger partial charge in [-0.3, -0.25) is 4.79 Å². The molecule has 9 heteroatoms. The molecule has 0 saturated carbocycles. The molecule has 6 nitrogen and oxygen atoms in total. The number of hydrogen-bond donors (Lipinski definition) is 1. The van der Waals surface area contributed by atoms with Crippen LogP contribution in [-0.4, -0.2) is 27.1 Å². The average molecular weight is 381 g/mol. The van der Waals surface area contributed by atoms with E-state index in [-0.39, 0.29) is 11.3 Å². The zero-order valence-electron chi connectivity index (χ0n) is 14.0. The first kappa shape index (κ1) is 18.1. The summed E-state index contributed by atoms with van der Waals surface area (Å²) in [6.45, 7) is 3.96. The molecule has 1 amide bonds. The fourth-order valence-corrected chi connectivity index (χ4v) is 2.54. The van der Waals surface area contributed by atoms with Crippen LogP contribution in [0.25, 0.3) is 5.65 Å². The van der Waals surface area contributed by atoms with E-state index >= 15 is 0 Å². The van der Waals surface area contributed by atoms with Gasteiger partial charge in [0.1, 0.15) is 11.4 Å². The van der Waals surface area contributed by atoms with Crippen LogP contribution in [0.1, 0.15) is 28.8 Å². The standard InChI is InChI=1S/C17H15ClF2N4O2/c1-3-26-12-6-4-11(5-7-12)22-16(25)13-9-15-21-10(2)8-14(17(18,19)20)24(15)23-13/h4-9H,3H2,1-2H3,(H,22,25). The Morgan fingerprint density at radius 1 is 1.31 bits per heavy atom. The van der Waals surface area contributed by atoms with Crippen LogP contribution in [0.3, 0.4) is 0 Å². The quantitative estimate of drug-likeness (QED) is 0.680. The van der Waals surface area contributed by atoms with E-state index in [0.717, 1.165) is 10.6 Å². The number of carbonyl (C=O) groups is 1. The summed E-state index contributed by atoms with van der Waals surface area (Å²) < 4.78 is 33.4. The molecular weight excluding hydrogens is 366 g/mol. The number of carbonyl (C=O) groups excluding carboxylic acids is 1. The number of nitrogens with zero attached hydrogens (tertiary/aromatic N) is 3. The monoisotopic (exact) mass is 380 g/mol. The lowest BCUT2D eigenvalue weighted by atomic mass is 10.3. The predicted molar refractivity (Wildman–Crippen MR) is 93.0 cm³/mol. The van der Waals surface area contributed by atoms with Crippen molar-refractivity contribution in [2.24, 2.45) is 0 Å². The molecule has 1 aromatic carbocycles. The van der Waals surface area contributed by atoms with Crippen LogP contribution < -0.4 is 10.1 Å². The number of hydrogen-bond acceptors (Lipinski definition) is 4. The second-order valence-corrected chi connectivity index (χ2v) is 5.97. The van der Waals surface area contributed by atoms with Gasteiger partial charge < -0.3 is 10.1 Å². The molecule has 0 aliphatic heterocycles. The molecule has 0 fully saturated rings. The molecule has 0 atom stereocenters.